The lowest BCUT2D eigenvalue weighted by molar-refractivity contribution is -0.119. The van der Waals surface area contributed by atoms with Crippen molar-refractivity contribution in [2.45, 2.75) is 51.4 Å². The van der Waals surface area contributed by atoms with Crippen LogP contribution in [0.2, 0.25) is 0 Å². The summed E-state index contributed by atoms with van der Waals surface area (Å²) in [6.45, 7) is 8.31. The van der Waals surface area contributed by atoms with Crippen LogP contribution in [0.3, 0.4) is 0 Å². The molecule has 2 atom stereocenters. The molecule has 2 aromatic carbocycles. The number of nitrogens with one attached hydrogen (secondary N) is 1. The molecule has 0 aliphatic heterocycles. The third-order valence-corrected chi connectivity index (χ3v) is 6.97. The van der Waals surface area contributed by atoms with Gasteiger partial charge in [-0.2, -0.15) is 0 Å². The van der Waals surface area contributed by atoms with Crippen molar-refractivity contribution in [1.82, 2.24) is 25.0 Å². The van der Waals surface area contributed by atoms with Crippen LogP contribution in [0.4, 0.5) is 0 Å². The first-order chi connectivity index (χ1) is 16.2. The number of aromatic nitrogens is 3. The highest BCUT2D eigenvalue weighted by Crippen LogP contribution is 2.29. The Morgan fingerprint density at radius 1 is 1.12 bits per heavy atom. The van der Waals surface area contributed by atoms with Crippen LogP contribution in [-0.2, 0) is 4.79 Å². The van der Waals surface area contributed by atoms with Crippen LogP contribution in [0.5, 0.6) is 5.75 Å². The third-order valence-electron chi connectivity index (χ3n) is 6.04. The van der Waals surface area contributed by atoms with Gasteiger partial charge in [0.2, 0.25) is 5.91 Å². The molecule has 7 nitrogen and oxygen atoms in total. The normalized spacial score (nSPS) is 13.1. The maximum absolute atomic E-state index is 12.8. The van der Waals surface area contributed by atoms with Crippen molar-refractivity contribution < 1.29 is 9.53 Å². The molecular weight excluding hydrogens is 446 g/mol. The Morgan fingerprint density at radius 2 is 1.82 bits per heavy atom. The fraction of sp³-hybridized carbons (Fsp3) is 0.423. The summed E-state index contributed by atoms with van der Waals surface area (Å²) in [6.07, 6.45) is 0.889. The molecule has 2 unspecified atom stereocenters. The fourth-order valence-electron chi connectivity index (χ4n) is 3.87. The third kappa shape index (κ3) is 5.98. The quantitative estimate of drug-likeness (QED) is 0.416. The molecule has 0 saturated heterocycles. The highest BCUT2D eigenvalue weighted by Gasteiger charge is 2.24. The van der Waals surface area contributed by atoms with E-state index in [1.54, 1.807) is 7.11 Å². The first kappa shape index (κ1) is 25.8. The second kappa shape index (κ2) is 11.5. The second-order valence-corrected chi connectivity index (χ2v) is 9.63. The first-order valence-electron chi connectivity index (χ1n) is 11.5. The molecule has 182 valence electrons. The van der Waals surface area contributed by atoms with Crippen LogP contribution >= 0.6 is 11.8 Å². The summed E-state index contributed by atoms with van der Waals surface area (Å²) < 4.78 is 7.35. The van der Waals surface area contributed by atoms with Gasteiger partial charge in [0.05, 0.1) is 24.9 Å². The lowest BCUT2D eigenvalue weighted by atomic mass is 10.0. The average Bonchev–Trinajstić information content (AvgIpc) is 3.23. The molecule has 0 saturated carbocycles. The van der Waals surface area contributed by atoms with E-state index in [4.69, 9.17) is 4.74 Å². The number of rotatable bonds is 10. The molecular formula is C26H35N5O2S. The Balaban J connectivity index is 1.79. The number of benzene rings is 2. The SMILES string of the molecule is CCC(c1nnc(SCC(=O)NC(C)c2ccc(C)c(C)c2)n1-c1ccc(OC)cc1)N(C)C. The van der Waals surface area contributed by atoms with Crippen LogP contribution < -0.4 is 10.1 Å². The van der Waals surface area contributed by atoms with Crippen molar-refractivity contribution in [3.8, 4) is 11.4 Å². The van der Waals surface area contributed by atoms with Crippen LogP contribution in [0.15, 0.2) is 47.6 Å². The predicted molar refractivity (Wildman–Crippen MR) is 138 cm³/mol. The van der Waals surface area contributed by atoms with E-state index in [1.165, 1.54) is 22.9 Å². The number of hydrogen-bond donors (Lipinski definition) is 1. The van der Waals surface area contributed by atoms with Gasteiger partial charge < -0.3 is 10.1 Å². The number of methoxy groups -OCH3 is 1. The summed E-state index contributed by atoms with van der Waals surface area (Å²) >= 11 is 1.39. The van der Waals surface area contributed by atoms with Gasteiger partial charge in [-0.05, 0) is 82.2 Å². The number of hydrogen-bond acceptors (Lipinski definition) is 6. The molecule has 0 aliphatic carbocycles. The van der Waals surface area contributed by atoms with Crippen LogP contribution in [-0.4, -0.2) is 52.5 Å². The lowest BCUT2D eigenvalue weighted by Gasteiger charge is -2.23. The van der Waals surface area contributed by atoms with Gasteiger partial charge in [-0.25, -0.2) is 0 Å². The van der Waals surface area contributed by atoms with Gasteiger partial charge in [-0.3, -0.25) is 14.3 Å². The van der Waals surface area contributed by atoms with Gasteiger partial charge in [-0.15, -0.1) is 10.2 Å². The monoisotopic (exact) mass is 481 g/mol. The fourth-order valence-corrected chi connectivity index (χ4v) is 4.64. The molecule has 0 fully saturated rings. The Bertz CT molecular complexity index is 1110. The summed E-state index contributed by atoms with van der Waals surface area (Å²) in [5.41, 5.74) is 4.50. The summed E-state index contributed by atoms with van der Waals surface area (Å²) in [5, 5.41) is 12.8. The number of carbonyl (C=O) groups is 1. The molecule has 3 aromatic rings. The highest BCUT2D eigenvalue weighted by atomic mass is 32.2. The standard InChI is InChI=1S/C26H35N5O2S/c1-8-23(30(5)6)25-28-29-26(31(25)21-11-13-22(33-7)14-12-21)34-16-24(32)27-19(4)20-10-9-17(2)18(3)15-20/h9-15,19,23H,8,16H2,1-7H3,(H,27,32). The van der Waals surface area contributed by atoms with Gasteiger partial charge in [0.1, 0.15) is 5.75 Å². The topological polar surface area (TPSA) is 72.3 Å². The van der Waals surface area contributed by atoms with E-state index in [0.717, 1.165) is 29.2 Å². The summed E-state index contributed by atoms with van der Waals surface area (Å²) in [7, 11) is 5.72. The van der Waals surface area contributed by atoms with Crippen molar-refractivity contribution in [1.29, 1.82) is 0 Å². The Morgan fingerprint density at radius 3 is 2.41 bits per heavy atom. The number of nitrogens with zero attached hydrogens (tertiary/aromatic N) is 4. The molecule has 0 bridgehead atoms. The zero-order chi connectivity index (χ0) is 24.8. The van der Waals surface area contributed by atoms with E-state index in [9.17, 15) is 4.79 Å². The van der Waals surface area contributed by atoms with Gasteiger partial charge in [0, 0.05) is 5.69 Å². The van der Waals surface area contributed by atoms with E-state index in [0.29, 0.717) is 5.16 Å². The smallest absolute Gasteiger partial charge is 0.230 e. The van der Waals surface area contributed by atoms with E-state index in [1.807, 2.05) is 49.9 Å². The number of thioether (sulfide) groups is 1. The van der Waals surface area contributed by atoms with Crippen LogP contribution in [0, 0.1) is 13.8 Å². The molecule has 0 aliphatic rings. The van der Waals surface area contributed by atoms with Gasteiger partial charge in [0.15, 0.2) is 11.0 Å². The molecule has 1 amide bonds. The van der Waals surface area contributed by atoms with Crippen molar-refractivity contribution in [2.24, 2.45) is 0 Å². The molecule has 3 rings (SSSR count). The van der Waals surface area contributed by atoms with Crippen LogP contribution in [0.25, 0.3) is 5.69 Å². The van der Waals surface area contributed by atoms with Crippen molar-refractivity contribution in [3.63, 3.8) is 0 Å². The van der Waals surface area contributed by atoms with Gasteiger partial charge >= 0.3 is 0 Å². The Kier molecular flexibility index (Phi) is 8.74. The van der Waals surface area contributed by atoms with Gasteiger partial charge in [0.25, 0.3) is 0 Å². The maximum Gasteiger partial charge on any atom is 0.230 e. The van der Waals surface area contributed by atoms with Crippen molar-refractivity contribution >= 4 is 17.7 Å². The minimum atomic E-state index is -0.0689. The van der Waals surface area contributed by atoms with Crippen molar-refractivity contribution in [2.75, 3.05) is 27.0 Å². The van der Waals surface area contributed by atoms with E-state index >= 15 is 0 Å². The highest BCUT2D eigenvalue weighted by molar-refractivity contribution is 7.99. The molecule has 8 heteroatoms. The Hall–Kier alpha value is -2.84. The second-order valence-electron chi connectivity index (χ2n) is 8.68. The molecule has 0 spiro atoms. The number of amides is 1. The summed E-state index contributed by atoms with van der Waals surface area (Å²) in [4.78, 5) is 14.9. The zero-order valence-corrected chi connectivity index (χ0v) is 21.9. The first-order valence-corrected chi connectivity index (χ1v) is 12.5. The van der Waals surface area contributed by atoms with Crippen molar-refractivity contribution in [3.05, 3.63) is 65.0 Å². The molecule has 1 heterocycles. The van der Waals surface area contributed by atoms with E-state index in [2.05, 4.69) is 59.4 Å². The molecule has 1 N–H and O–H groups in total. The minimum absolute atomic E-state index is 0.0405. The summed E-state index contributed by atoms with van der Waals surface area (Å²) in [6, 6.07) is 14.1. The van der Waals surface area contributed by atoms with Crippen LogP contribution in [0.1, 0.15) is 54.9 Å². The van der Waals surface area contributed by atoms with E-state index in [-0.39, 0.29) is 23.7 Å². The molecule has 0 radical (unpaired) electrons. The molecule has 34 heavy (non-hydrogen) atoms. The average molecular weight is 482 g/mol. The predicted octanol–water partition coefficient (Wildman–Crippen LogP) is 4.87. The summed E-state index contributed by atoms with van der Waals surface area (Å²) in [5.74, 6) is 1.85. The molecule has 1 aromatic heterocycles. The lowest BCUT2D eigenvalue weighted by Crippen LogP contribution is -2.28. The number of carbonyl (C=O) groups excluding carboxylic acids is 1. The largest absolute Gasteiger partial charge is 0.497 e. The number of ether oxygens (including phenoxy) is 1. The van der Waals surface area contributed by atoms with E-state index < -0.39 is 0 Å². The minimum Gasteiger partial charge on any atom is -0.497 e. The van der Waals surface area contributed by atoms with Gasteiger partial charge in [-0.1, -0.05) is 36.9 Å². The zero-order valence-electron chi connectivity index (χ0n) is 21.1. The number of aryl methyl sites for hydroxylation is 2. The Labute approximate surface area is 206 Å². The maximum atomic E-state index is 12.8.